The summed E-state index contributed by atoms with van der Waals surface area (Å²) in [6.45, 7) is 5.30. The van der Waals surface area contributed by atoms with E-state index >= 15 is 0 Å². The van der Waals surface area contributed by atoms with Gasteiger partial charge in [-0.3, -0.25) is 4.99 Å². The third-order valence-corrected chi connectivity index (χ3v) is 2.67. The summed E-state index contributed by atoms with van der Waals surface area (Å²) in [5.74, 6) is 1.25. The van der Waals surface area contributed by atoms with Crippen LogP contribution in [0, 0.1) is 0 Å². The Morgan fingerprint density at radius 1 is 1.33 bits per heavy atom. The lowest BCUT2D eigenvalue weighted by atomic mass is 10.4. The monoisotopic (exact) mass is 306 g/mol. The van der Waals surface area contributed by atoms with Crippen molar-refractivity contribution in [3.63, 3.8) is 0 Å². The summed E-state index contributed by atoms with van der Waals surface area (Å²) in [6, 6.07) is 0. The van der Waals surface area contributed by atoms with E-state index in [0.29, 0.717) is 25.6 Å². The van der Waals surface area contributed by atoms with Crippen molar-refractivity contribution in [3.05, 3.63) is 12.2 Å². The van der Waals surface area contributed by atoms with E-state index in [9.17, 15) is 13.2 Å². The van der Waals surface area contributed by atoms with Gasteiger partial charge in [0.25, 0.3) is 0 Å². The first kappa shape index (κ1) is 17.3. The molecule has 0 amide bonds. The first-order valence-electron chi connectivity index (χ1n) is 6.92. The van der Waals surface area contributed by atoms with E-state index in [-0.39, 0.29) is 6.54 Å². The van der Waals surface area contributed by atoms with Crippen LogP contribution in [0.1, 0.15) is 26.1 Å². The Labute approximate surface area is 121 Å². The minimum atomic E-state index is -4.18. The highest BCUT2D eigenvalue weighted by atomic mass is 19.4. The number of guanidine groups is 1. The topological polar surface area (TPSA) is 67.1 Å². The summed E-state index contributed by atoms with van der Waals surface area (Å²) in [5, 5.41) is 13.7. The lowest BCUT2D eigenvalue weighted by molar-refractivity contribution is -0.132. The number of alkyl halides is 3. The molecule has 0 saturated carbocycles. The normalized spacial score (nSPS) is 12.5. The summed E-state index contributed by atoms with van der Waals surface area (Å²) < 4.78 is 38.2. The van der Waals surface area contributed by atoms with E-state index in [2.05, 4.69) is 25.8 Å². The Hall–Kier alpha value is -1.80. The largest absolute Gasteiger partial charge is 0.390 e. The molecule has 0 radical (unpaired) electrons. The van der Waals surface area contributed by atoms with Gasteiger partial charge in [0.15, 0.2) is 5.96 Å². The van der Waals surface area contributed by atoms with Crippen LogP contribution in [0.15, 0.2) is 11.3 Å². The molecule has 1 aromatic rings. The number of aryl methyl sites for hydroxylation is 1. The summed E-state index contributed by atoms with van der Waals surface area (Å²) in [7, 11) is 0. The Kier molecular flexibility index (Phi) is 6.97. The van der Waals surface area contributed by atoms with Crippen molar-refractivity contribution in [2.75, 3.05) is 19.6 Å². The number of halogens is 3. The van der Waals surface area contributed by atoms with E-state index in [0.717, 1.165) is 12.2 Å². The van der Waals surface area contributed by atoms with Gasteiger partial charge >= 0.3 is 6.18 Å². The lowest BCUT2D eigenvalue weighted by Gasteiger charge is -2.12. The quantitative estimate of drug-likeness (QED) is 0.589. The molecule has 0 aliphatic carbocycles. The highest BCUT2D eigenvalue weighted by molar-refractivity contribution is 5.79. The second kappa shape index (κ2) is 8.48. The number of hydrogen-bond acceptors (Lipinski definition) is 3. The number of hydrogen-bond donors (Lipinski definition) is 2. The van der Waals surface area contributed by atoms with Crippen LogP contribution < -0.4 is 10.6 Å². The maximum absolute atomic E-state index is 12.1. The summed E-state index contributed by atoms with van der Waals surface area (Å²) in [5.41, 5.74) is 0. The summed E-state index contributed by atoms with van der Waals surface area (Å²) >= 11 is 0. The van der Waals surface area contributed by atoms with Crippen LogP contribution in [0.25, 0.3) is 0 Å². The standard InChI is InChI=1S/C12H21F3N6/c1-3-10-20-19-9-21(10)8-7-18-11(16-4-2)17-6-5-12(13,14)15/h9H,3-8H2,1-2H3,(H2,16,17,18). The van der Waals surface area contributed by atoms with Gasteiger partial charge in [0.2, 0.25) is 0 Å². The number of nitrogens with zero attached hydrogens (tertiary/aromatic N) is 4. The molecular formula is C12H21F3N6. The molecule has 0 bridgehead atoms. The zero-order chi connectivity index (χ0) is 15.7. The predicted octanol–water partition coefficient (Wildman–Crippen LogP) is 1.35. The molecule has 0 atom stereocenters. The molecule has 120 valence electrons. The van der Waals surface area contributed by atoms with Crippen molar-refractivity contribution in [1.82, 2.24) is 25.4 Å². The van der Waals surface area contributed by atoms with Crippen molar-refractivity contribution < 1.29 is 13.2 Å². The van der Waals surface area contributed by atoms with Crippen molar-refractivity contribution in [3.8, 4) is 0 Å². The Morgan fingerprint density at radius 3 is 2.71 bits per heavy atom. The maximum atomic E-state index is 12.1. The van der Waals surface area contributed by atoms with Gasteiger partial charge in [-0.05, 0) is 6.92 Å². The summed E-state index contributed by atoms with van der Waals surface area (Å²) in [4.78, 5) is 3.89. The third kappa shape index (κ3) is 6.96. The van der Waals surface area contributed by atoms with Crippen LogP contribution in [-0.4, -0.2) is 46.5 Å². The van der Waals surface area contributed by atoms with Crippen molar-refractivity contribution in [2.45, 2.75) is 39.4 Å². The molecule has 0 aromatic carbocycles. The van der Waals surface area contributed by atoms with Gasteiger partial charge in [-0.2, -0.15) is 13.2 Å². The zero-order valence-electron chi connectivity index (χ0n) is 12.2. The molecule has 1 aromatic heterocycles. The molecule has 2 N–H and O–H groups in total. The highest BCUT2D eigenvalue weighted by Gasteiger charge is 2.26. The second-order valence-electron chi connectivity index (χ2n) is 4.35. The number of aliphatic imine (C=N–C) groups is 1. The Balaban J connectivity index is 2.42. The van der Waals surface area contributed by atoms with Crippen LogP contribution in [0.3, 0.4) is 0 Å². The SMILES string of the molecule is CCNC(=NCCC(F)(F)F)NCCn1cnnc1CC. The van der Waals surface area contributed by atoms with Crippen molar-refractivity contribution in [1.29, 1.82) is 0 Å². The minimum absolute atomic E-state index is 0.286. The molecule has 6 nitrogen and oxygen atoms in total. The average Bonchev–Trinajstić information content (AvgIpc) is 2.84. The highest BCUT2D eigenvalue weighted by Crippen LogP contribution is 2.18. The molecule has 21 heavy (non-hydrogen) atoms. The smallest absolute Gasteiger partial charge is 0.357 e. The first-order chi connectivity index (χ1) is 9.96. The fourth-order valence-corrected chi connectivity index (χ4v) is 1.67. The lowest BCUT2D eigenvalue weighted by Crippen LogP contribution is -2.39. The first-order valence-corrected chi connectivity index (χ1v) is 6.92. The fraction of sp³-hybridized carbons (Fsp3) is 0.750. The molecule has 1 rings (SSSR count). The molecule has 0 aliphatic rings. The van der Waals surface area contributed by atoms with Crippen molar-refractivity contribution in [2.24, 2.45) is 4.99 Å². The molecule has 0 aliphatic heterocycles. The molecule has 0 unspecified atom stereocenters. The van der Waals surface area contributed by atoms with Crippen LogP contribution in [0.2, 0.25) is 0 Å². The van der Waals surface area contributed by atoms with Crippen LogP contribution in [0.5, 0.6) is 0 Å². The molecular weight excluding hydrogens is 285 g/mol. The van der Waals surface area contributed by atoms with Crippen LogP contribution in [-0.2, 0) is 13.0 Å². The average molecular weight is 306 g/mol. The van der Waals surface area contributed by atoms with E-state index < -0.39 is 12.6 Å². The predicted molar refractivity (Wildman–Crippen MR) is 74.1 cm³/mol. The molecule has 0 fully saturated rings. The van der Waals surface area contributed by atoms with E-state index in [1.54, 1.807) is 6.33 Å². The fourth-order valence-electron chi connectivity index (χ4n) is 1.67. The number of rotatable bonds is 7. The number of aromatic nitrogens is 3. The molecule has 9 heteroatoms. The van der Waals surface area contributed by atoms with Gasteiger partial charge in [-0.1, -0.05) is 6.92 Å². The van der Waals surface area contributed by atoms with Gasteiger partial charge in [0.05, 0.1) is 13.0 Å². The van der Waals surface area contributed by atoms with Gasteiger partial charge in [-0.25, -0.2) is 0 Å². The molecule has 0 spiro atoms. The Bertz CT molecular complexity index is 440. The van der Waals surface area contributed by atoms with Gasteiger partial charge < -0.3 is 15.2 Å². The van der Waals surface area contributed by atoms with Crippen LogP contribution in [0.4, 0.5) is 13.2 Å². The van der Waals surface area contributed by atoms with E-state index in [1.807, 2.05) is 18.4 Å². The molecule has 1 heterocycles. The number of nitrogens with one attached hydrogen (secondary N) is 2. The van der Waals surface area contributed by atoms with Gasteiger partial charge in [0, 0.05) is 26.1 Å². The zero-order valence-corrected chi connectivity index (χ0v) is 12.2. The van der Waals surface area contributed by atoms with E-state index in [1.165, 1.54) is 0 Å². The van der Waals surface area contributed by atoms with Gasteiger partial charge in [0.1, 0.15) is 12.2 Å². The van der Waals surface area contributed by atoms with Gasteiger partial charge in [-0.15, -0.1) is 10.2 Å². The van der Waals surface area contributed by atoms with Crippen molar-refractivity contribution >= 4 is 5.96 Å². The maximum Gasteiger partial charge on any atom is 0.390 e. The van der Waals surface area contributed by atoms with Crippen LogP contribution >= 0.6 is 0 Å². The minimum Gasteiger partial charge on any atom is -0.357 e. The molecule has 0 saturated heterocycles. The third-order valence-electron chi connectivity index (χ3n) is 2.67. The summed E-state index contributed by atoms with van der Waals surface area (Å²) in [6.07, 6.45) is -2.69. The Morgan fingerprint density at radius 2 is 2.10 bits per heavy atom. The second-order valence-corrected chi connectivity index (χ2v) is 4.35. The van der Waals surface area contributed by atoms with E-state index in [4.69, 9.17) is 0 Å².